The zero-order valence-electron chi connectivity index (χ0n) is 19.6. The van der Waals surface area contributed by atoms with Gasteiger partial charge in [-0.05, 0) is 72.8 Å². The highest BCUT2D eigenvalue weighted by Gasteiger charge is 2.18. The number of hydrogen-bond acceptors (Lipinski definition) is 2. The lowest BCUT2D eigenvalue weighted by Gasteiger charge is -2.18. The predicted octanol–water partition coefficient (Wildman–Crippen LogP) is 8.94. The lowest BCUT2D eigenvalue weighted by atomic mass is 9.86. The minimum atomic E-state index is 0.747. The van der Waals surface area contributed by atoms with Crippen molar-refractivity contribution >= 4 is 32.3 Å². The maximum atomic E-state index is 4.66. The highest BCUT2D eigenvalue weighted by molar-refractivity contribution is 6.21. The van der Waals surface area contributed by atoms with Gasteiger partial charge in [-0.3, -0.25) is 0 Å². The number of fused-ring (bicyclic) bond motifs is 3. The van der Waals surface area contributed by atoms with Gasteiger partial charge in [0.05, 0.1) is 0 Å². The first-order chi connectivity index (χ1) is 17.9. The summed E-state index contributed by atoms with van der Waals surface area (Å²) in [5, 5.41) is 7.22. The van der Waals surface area contributed by atoms with Crippen LogP contribution in [0.15, 0.2) is 134 Å². The van der Waals surface area contributed by atoms with Gasteiger partial charge in [-0.2, -0.15) is 0 Å². The Morgan fingerprint density at radius 2 is 0.972 bits per heavy atom. The van der Waals surface area contributed by atoms with Gasteiger partial charge >= 0.3 is 0 Å². The summed E-state index contributed by atoms with van der Waals surface area (Å²) in [6, 6.07) is 43.2. The third kappa shape index (κ3) is 3.35. The van der Waals surface area contributed by atoms with Crippen molar-refractivity contribution in [1.29, 1.82) is 0 Å². The molecule has 0 saturated carbocycles. The molecule has 0 bridgehead atoms. The fourth-order valence-corrected chi connectivity index (χ4v) is 5.31. The van der Waals surface area contributed by atoms with E-state index in [1.165, 1.54) is 43.8 Å². The molecule has 0 N–H and O–H groups in total. The van der Waals surface area contributed by atoms with Gasteiger partial charge in [0.2, 0.25) is 0 Å². The molecular weight excluding hydrogens is 436 g/mol. The van der Waals surface area contributed by atoms with Crippen LogP contribution in [0.25, 0.3) is 66.0 Å². The molecule has 0 aliphatic rings. The zero-order valence-corrected chi connectivity index (χ0v) is 19.6. The first kappa shape index (κ1) is 20.5. The summed E-state index contributed by atoms with van der Waals surface area (Å²) in [7, 11) is 0. The monoisotopic (exact) mass is 458 g/mol. The first-order valence-electron chi connectivity index (χ1n) is 12.2. The molecule has 0 radical (unpaired) electrons. The van der Waals surface area contributed by atoms with Crippen LogP contribution in [0.1, 0.15) is 0 Å². The second kappa shape index (κ2) is 8.44. The molecule has 1 heterocycles. The van der Waals surface area contributed by atoms with Gasteiger partial charge in [-0.1, -0.05) is 103 Å². The summed E-state index contributed by atoms with van der Waals surface area (Å²) in [5.74, 6) is 0.747. The second-order valence-electron chi connectivity index (χ2n) is 9.06. The van der Waals surface area contributed by atoms with Crippen molar-refractivity contribution in [2.24, 2.45) is 0 Å². The molecule has 0 aliphatic carbocycles. The zero-order chi connectivity index (χ0) is 23.9. The normalized spacial score (nSPS) is 11.3. The highest BCUT2D eigenvalue weighted by atomic mass is 14.9. The molecule has 1 aromatic heterocycles. The van der Waals surface area contributed by atoms with Crippen LogP contribution >= 0.6 is 0 Å². The van der Waals surface area contributed by atoms with E-state index in [4.69, 9.17) is 0 Å². The van der Waals surface area contributed by atoms with E-state index in [9.17, 15) is 0 Å². The fourth-order valence-electron chi connectivity index (χ4n) is 5.31. The van der Waals surface area contributed by atoms with Crippen molar-refractivity contribution in [3.05, 3.63) is 134 Å². The molecular formula is C34H22N2. The standard InChI is InChI=1S/C34H22N2/c1-2-10-24(11-3-1)32-28-13-6-7-14-29(28)33(34-35-19-8-20-36-34)30-18-17-27(22-31(30)32)26-16-15-23-9-4-5-12-25(23)21-26/h1-22H. The number of hydrogen-bond donors (Lipinski definition) is 0. The molecule has 36 heavy (non-hydrogen) atoms. The van der Waals surface area contributed by atoms with Crippen LogP contribution in [-0.4, -0.2) is 9.97 Å². The summed E-state index contributed by atoms with van der Waals surface area (Å²) in [5.41, 5.74) is 5.92. The van der Waals surface area contributed by atoms with Crippen LogP contribution in [0.5, 0.6) is 0 Å². The van der Waals surface area contributed by atoms with E-state index in [0.29, 0.717) is 0 Å². The van der Waals surface area contributed by atoms with Crippen molar-refractivity contribution in [2.75, 3.05) is 0 Å². The van der Waals surface area contributed by atoms with Gasteiger partial charge < -0.3 is 0 Å². The molecule has 0 fully saturated rings. The quantitative estimate of drug-likeness (QED) is 0.247. The Bertz CT molecular complexity index is 1870. The van der Waals surface area contributed by atoms with E-state index in [-0.39, 0.29) is 0 Å². The summed E-state index contributed by atoms with van der Waals surface area (Å²) in [6.07, 6.45) is 3.63. The molecule has 7 rings (SSSR count). The van der Waals surface area contributed by atoms with E-state index >= 15 is 0 Å². The Kier molecular flexibility index (Phi) is 4.82. The van der Waals surface area contributed by atoms with Gasteiger partial charge in [0.1, 0.15) is 0 Å². The van der Waals surface area contributed by atoms with Crippen LogP contribution in [0.2, 0.25) is 0 Å². The molecule has 0 atom stereocenters. The topological polar surface area (TPSA) is 25.8 Å². The number of benzene rings is 6. The van der Waals surface area contributed by atoms with Crippen LogP contribution < -0.4 is 0 Å². The lowest BCUT2D eigenvalue weighted by Crippen LogP contribution is -1.94. The highest BCUT2D eigenvalue weighted by Crippen LogP contribution is 2.43. The van der Waals surface area contributed by atoms with Crippen LogP contribution in [0, 0.1) is 0 Å². The summed E-state index contributed by atoms with van der Waals surface area (Å²) in [6.45, 7) is 0. The summed E-state index contributed by atoms with van der Waals surface area (Å²) in [4.78, 5) is 9.31. The average molecular weight is 459 g/mol. The van der Waals surface area contributed by atoms with E-state index in [0.717, 1.165) is 22.2 Å². The van der Waals surface area contributed by atoms with Crippen molar-refractivity contribution in [1.82, 2.24) is 9.97 Å². The predicted molar refractivity (Wildman–Crippen MR) is 151 cm³/mol. The van der Waals surface area contributed by atoms with E-state index in [1.807, 2.05) is 18.5 Å². The van der Waals surface area contributed by atoms with E-state index in [2.05, 4.69) is 125 Å². The minimum Gasteiger partial charge on any atom is -0.237 e. The number of rotatable bonds is 3. The first-order valence-corrected chi connectivity index (χ1v) is 12.2. The minimum absolute atomic E-state index is 0.747. The van der Waals surface area contributed by atoms with Crippen LogP contribution in [0.4, 0.5) is 0 Å². The lowest BCUT2D eigenvalue weighted by molar-refractivity contribution is 1.18. The summed E-state index contributed by atoms with van der Waals surface area (Å²) < 4.78 is 0. The van der Waals surface area contributed by atoms with E-state index < -0.39 is 0 Å². The molecule has 7 aromatic rings. The molecule has 0 amide bonds. The largest absolute Gasteiger partial charge is 0.237 e. The van der Waals surface area contributed by atoms with E-state index in [1.54, 1.807) is 0 Å². The van der Waals surface area contributed by atoms with Crippen LogP contribution in [0.3, 0.4) is 0 Å². The fraction of sp³-hybridized carbons (Fsp3) is 0. The van der Waals surface area contributed by atoms with Gasteiger partial charge in [0.25, 0.3) is 0 Å². The van der Waals surface area contributed by atoms with Gasteiger partial charge in [0, 0.05) is 18.0 Å². The molecule has 2 heteroatoms. The number of aromatic nitrogens is 2. The third-order valence-corrected chi connectivity index (χ3v) is 6.96. The van der Waals surface area contributed by atoms with Crippen molar-refractivity contribution in [3.63, 3.8) is 0 Å². The van der Waals surface area contributed by atoms with Crippen molar-refractivity contribution in [3.8, 4) is 33.6 Å². The SMILES string of the molecule is c1ccc(-c2c3ccccc3c(-c3ncccn3)c3ccc(-c4ccc5ccccc5c4)cc23)cc1. The third-order valence-electron chi connectivity index (χ3n) is 6.96. The molecule has 2 nitrogen and oxygen atoms in total. The Hall–Kier alpha value is -4.82. The molecule has 6 aromatic carbocycles. The second-order valence-corrected chi connectivity index (χ2v) is 9.06. The van der Waals surface area contributed by atoms with Gasteiger partial charge in [0.15, 0.2) is 5.82 Å². The Labute approximate surface area is 209 Å². The molecule has 0 saturated heterocycles. The Morgan fingerprint density at radius 3 is 1.78 bits per heavy atom. The van der Waals surface area contributed by atoms with Gasteiger partial charge in [-0.15, -0.1) is 0 Å². The maximum Gasteiger partial charge on any atom is 0.160 e. The maximum absolute atomic E-state index is 4.66. The van der Waals surface area contributed by atoms with Crippen LogP contribution in [-0.2, 0) is 0 Å². The Morgan fingerprint density at radius 1 is 0.361 bits per heavy atom. The molecule has 168 valence electrons. The smallest absolute Gasteiger partial charge is 0.160 e. The van der Waals surface area contributed by atoms with Gasteiger partial charge in [-0.25, -0.2) is 9.97 Å². The average Bonchev–Trinajstić information content (AvgIpc) is 2.96. The molecule has 0 aliphatic heterocycles. The Balaban J connectivity index is 1.60. The van der Waals surface area contributed by atoms with Crippen molar-refractivity contribution in [2.45, 2.75) is 0 Å². The molecule has 0 unspecified atom stereocenters. The number of nitrogens with zero attached hydrogens (tertiary/aromatic N) is 2. The molecule has 0 spiro atoms. The summed E-state index contributed by atoms with van der Waals surface area (Å²) >= 11 is 0. The van der Waals surface area contributed by atoms with Crippen molar-refractivity contribution < 1.29 is 0 Å².